The van der Waals surface area contributed by atoms with Crippen molar-refractivity contribution in [3.63, 3.8) is 0 Å². The first-order chi connectivity index (χ1) is 7.81. The van der Waals surface area contributed by atoms with Gasteiger partial charge in [0.25, 0.3) is 0 Å². The number of hydrogen-bond acceptors (Lipinski definition) is 1. The Bertz CT molecular complexity index is 371. The molecule has 0 radical (unpaired) electrons. The maximum Gasteiger partial charge on any atom is 0.390 e. The van der Waals surface area contributed by atoms with Crippen LogP contribution in [-0.4, -0.2) is 19.3 Å². The summed E-state index contributed by atoms with van der Waals surface area (Å²) in [6, 6.07) is 5.24. The van der Waals surface area contributed by atoms with Crippen molar-refractivity contribution in [3.05, 3.63) is 34.9 Å². The predicted molar refractivity (Wildman–Crippen MR) is 63.1 cm³/mol. The number of hydrogen-bond donors (Lipinski definition) is 1. The molecule has 0 aliphatic rings. The molecule has 0 aromatic heterocycles. The minimum atomic E-state index is -4.12. The van der Waals surface area contributed by atoms with Gasteiger partial charge >= 0.3 is 6.18 Å². The average molecular weight is 245 g/mol. The quantitative estimate of drug-likeness (QED) is 0.857. The molecule has 0 heterocycles. The van der Waals surface area contributed by atoms with Gasteiger partial charge in [0.1, 0.15) is 0 Å². The van der Waals surface area contributed by atoms with Gasteiger partial charge in [-0.25, -0.2) is 0 Å². The van der Waals surface area contributed by atoms with Crippen LogP contribution in [0.3, 0.4) is 0 Å². The van der Waals surface area contributed by atoms with E-state index in [0.717, 1.165) is 16.7 Å². The van der Waals surface area contributed by atoms with Crippen molar-refractivity contribution < 1.29 is 13.2 Å². The summed E-state index contributed by atoms with van der Waals surface area (Å²) in [6.45, 7) is 3.96. The summed E-state index contributed by atoms with van der Waals surface area (Å²) in [5.41, 5.74) is 3.21. The van der Waals surface area contributed by atoms with E-state index in [4.69, 9.17) is 0 Å². The average Bonchev–Trinajstić information content (AvgIpc) is 2.20. The molecule has 1 unspecified atom stereocenters. The van der Waals surface area contributed by atoms with E-state index >= 15 is 0 Å². The fourth-order valence-electron chi connectivity index (χ4n) is 1.77. The van der Waals surface area contributed by atoms with Crippen LogP contribution in [-0.2, 0) is 6.42 Å². The topological polar surface area (TPSA) is 12.0 Å². The molecule has 0 amide bonds. The second-order valence-corrected chi connectivity index (χ2v) is 4.43. The molecule has 0 aliphatic heterocycles. The fourth-order valence-corrected chi connectivity index (χ4v) is 1.77. The van der Waals surface area contributed by atoms with E-state index in [2.05, 4.69) is 5.32 Å². The highest BCUT2D eigenvalue weighted by Crippen LogP contribution is 2.23. The highest BCUT2D eigenvalue weighted by atomic mass is 19.4. The molecule has 0 fully saturated rings. The van der Waals surface area contributed by atoms with Crippen LogP contribution in [0.5, 0.6) is 0 Å². The Morgan fingerprint density at radius 2 is 1.82 bits per heavy atom. The molecule has 96 valence electrons. The Balaban J connectivity index is 2.70. The summed E-state index contributed by atoms with van der Waals surface area (Å²) >= 11 is 0. The van der Waals surface area contributed by atoms with E-state index in [-0.39, 0.29) is 0 Å². The number of aryl methyl sites for hydroxylation is 2. The van der Waals surface area contributed by atoms with Crippen molar-refractivity contribution in [2.45, 2.75) is 38.9 Å². The zero-order chi connectivity index (χ0) is 13.1. The van der Waals surface area contributed by atoms with Gasteiger partial charge in [-0.2, -0.15) is 13.2 Å². The van der Waals surface area contributed by atoms with Crippen molar-refractivity contribution in [1.82, 2.24) is 5.32 Å². The lowest BCUT2D eigenvalue weighted by Gasteiger charge is -2.18. The zero-order valence-corrected chi connectivity index (χ0v) is 10.4. The minimum Gasteiger partial charge on any atom is -0.316 e. The summed E-state index contributed by atoms with van der Waals surface area (Å²) in [6.07, 6.45) is -4.51. The van der Waals surface area contributed by atoms with E-state index in [1.165, 1.54) is 0 Å². The van der Waals surface area contributed by atoms with Crippen molar-refractivity contribution in [3.8, 4) is 0 Å². The first kappa shape index (κ1) is 14.0. The molecule has 0 aliphatic carbocycles. The summed E-state index contributed by atoms with van der Waals surface area (Å²) in [5.74, 6) is 0. The van der Waals surface area contributed by atoms with Gasteiger partial charge in [-0.05, 0) is 44.0 Å². The molecule has 0 saturated carbocycles. The number of likely N-dealkylation sites (N-methyl/N-ethyl adjacent to an activating group) is 1. The molecule has 1 N–H and O–H groups in total. The lowest BCUT2D eigenvalue weighted by Crippen LogP contribution is -2.32. The van der Waals surface area contributed by atoms with Crippen LogP contribution < -0.4 is 5.32 Å². The first-order valence-corrected chi connectivity index (χ1v) is 5.62. The fraction of sp³-hybridized carbons (Fsp3) is 0.538. The van der Waals surface area contributed by atoms with Crippen LogP contribution in [0.25, 0.3) is 0 Å². The molecular weight excluding hydrogens is 227 g/mol. The van der Waals surface area contributed by atoms with Crippen LogP contribution in [0.15, 0.2) is 18.2 Å². The van der Waals surface area contributed by atoms with Gasteiger partial charge < -0.3 is 5.32 Å². The van der Waals surface area contributed by atoms with Crippen LogP contribution >= 0.6 is 0 Å². The van der Waals surface area contributed by atoms with Gasteiger partial charge in [-0.15, -0.1) is 0 Å². The molecular formula is C13H18F3N. The Kier molecular flexibility index (Phi) is 4.57. The molecule has 4 heteroatoms. The number of nitrogens with one attached hydrogen (secondary N) is 1. The second-order valence-electron chi connectivity index (χ2n) is 4.43. The Morgan fingerprint density at radius 1 is 1.18 bits per heavy atom. The van der Waals surface area contributed by atoms with Crippen LogP contribution in [0.1, 0.15) is 23.1 Å². The molecule has 1 nitrogen and oxygen atoms in total. The van der Waals surface area contributed by atoms with Crippen molar-refractivity contribution in [1.29, 1.82) is 0 Å². The van der Waals surface area contributed by atoms with E-state index in [9.17, 15) is 13.2 Å². The monoisotopic (exact) mass is 245 g/mol. The molecule has 1 rings (SSSR count). The lowest BCUT2D eigenvalue weighted by molar-refractivity contribution is -0.139. The van der Waals surface area contributed by atoms with E-state index < -0.39 is 18.6 Å². The predicted octanol–water partition coefficient (Wildman–Crippen LogP) is 3.39. The van der Waals surface area contributed by atoms with Gasteiger partial charge in [0, 0.05) is 6.04 Å². The number of rotatable bonds is 4. The van der Waals surface area contributed by atoms with Crippen molar-refractivity contribution in [2.75, 3.05) is 7.05 Å². The van der Waals surface area contributed by atoms with Gasteiger partial charge in [0.05, 0.1) is 6.42 Å². The molecule has 0 bridgehead atoms. The van der Waals surface area contributed by atoms with Crippen LogP contribution in [0, 0.1) is 13.8 Å². The van der Waals surface area contributed by atoms with Crippen molar-refractivity contribution in [2.24, 2.45) is 0 Å². The maximum atomic E-state index is 12.3. The largest absolute Gasteiger partial charge is 0.390 e. The first-order valence-electron chi connectivity index (χ1n) is 5.62. The molecule has 1 aromatic rings. The molecule has 0 spiro atoms. The molecule has 1 aromatic carbocycles. The summed E-state index contributed by atoms with van der Waals surface area (Å²) in [7, 11) is 1.57. The number of halogens is 3. The normalized spacial score (nSPS) is 13.8. The summed E-state index contributed by atoms with van der Waals surface area (Å²) in [4.78, 5) is 0. The molecule has 17 heavy (non-hydrogen) atoms. The van der Waals surface area contributed by atoms with Gasteiger partial charge in [0.15, 0.2) is 0 Å². The van der Waals surface area contributed by atoms with E-state index in [1.807, 2.05) is 32.0 Å². The third kappa shape index (κ3) is 4.77. The SMILES string of the molecule is CNC(Cc1ccc(C)c(C)c1)CC(F)(F)F. The summed E-state index contributed by atoms with van der Waals surface area (Å²) in [5, 5.41) is 2.72. The molecule has 0 saturated heterocycles. The highest BCUT2D eigenvalue weighted by molar-refractivity contribution is 5.30. The highest BCUT2D eigenvalue weighted by Gasteiger charge is 2.31. The van der Waals surface area contributed by atoms with Crippen LogP contribution in [0.4, 0.5) is 13.2 Å². The second kappa shape index (κ2) is 5.54. The third-order valence-corrected chi connectivity index (χ3v) is 2.94. The summed E-state index contributed by atoms with van der Waals surface area (Å²) < 4.78 is 36.9. The van der Waals surface area contributed by atoms with E-state index in [0.29, 0.717) is 6.42 Å². The van der Waals surface area contributed by atoms with Gasteiger partial charge in [-0.3, -0.25) is 0 Å². The van der Waals surface area contributed by atoms with Crippen molar-refractivity contribution >= 4 is 0 Å². The van der Waals surface area contributed by atoms with Gasteiger partial charge in [-0.1, -0.05) is 18.2 Å². The van der Waals surface area contributed by atoms with Gasteiger partial charge in [0.2, 0.25) is 0 Å². The standard InChI is InChI=1S/C13H18F3N/c1-9-4-5-11(6-10(9)2)7-12(17-3)8-13(14,15)16/h4-6,12,17H,7-8H2,1-3H3. The number of benzene rings is 1. The van der Waals surface area contributed by atoms with Crippen LogP contribution in [0.2, 0.25) is 0 Å². The third-order valence-electron chi connectivity index (χ3n) is 2.94. The van der Waals surface area contributed by atoms with E-state index in [1.54, 1.807) is 7.05 Å². The Hall–Kier alpha value is -1.03. The molecule has 1 atom stereocenters. The smallest absolute Gasteiger partial charge is 0.316 e. The lowest BCUT2D eigenvalue weighted by atomic mass is 9.99. The Morgan fingerprint density at radius 3 is 2.29 bits per heavy atom. The Labute approximate surface area is 100 Å². The number of alkyl halides is 3. The minimum absolute atomic E-state index is 0.400. The zero-order valence-electron chi connectivity index (χ0n) is 10.4. The maximum absolute atomic E-state index is 12.3.